The first-order chi connectivity index (χ1) is 6.70. The minimum Gasteiger partial charge on any atom is -0.329 e. The van der Waals surface area contributed by atoms with Gasteiger partial charge in [0.1, 0.15) is 0 Å². The molecule has 1 aliphatic rings. The van der Waals surface area contributed by atoms with Crippen LogP contribution in [0, 0.1) is 5.92 Å². The predicted molar refractivity (Wildman–Crippen MR) is 65.8 cm³/mol. The van der Waals surface area contributed by atoms with Crippen molar-refractivity contribution in [2.75, 3.05) is 24.6 Å². The Labute approximate surface area is 92.6 Å². The molecule has 1 rings (SSSR count). The van der Waals surface area contributed by atoms with E-state index in [2.05, 4.69) is 37.4 Å². The molecule has 3 heteroatoms. The lowest BCUT2D eigenvalue weighted by Gasteiger charge is -2.41. The van der Waals surface area contributed by atoms with E-state index in [0.29, 0.717) is 12.1 Å². The average molecular weight is 216 g/mol. The van der Waals surface area contributed by atoms with E-state index in [1.165, 1.54) is 24.5 Å². The topological polar surface area (TPSA) is 29.3 Å². The second-order valence-electron chi connectivity index (χ2n) is 4.35. The minimum absolute atomic E-state index is 0.593. The van der Waals surface area contributed by atoms with Gasteiger partial charge >= 0.3 is 0 Å². The van der Waals surface area contributed by atoms with E-state index in [1.807, 2.05) is 0 Å². The Morgan fingerprint density at radius 2 is 2.29 bits per heavy atom. The van der Waals surface area contributed by atoms with Gasteiger partial charge in [-0.05, 0) is 12.8 Å². The van der Waals surface area contributed by atoms with Gasteiger partial charge in [0.15, 0.2) is 0 Å². The molecule has 3 atom stereocenters. The monoisotopic (exact) mass is 216 g/mol. The normalized spacial score (nSPS) is 28.7. The highest BCUT2D eigenvalue weighted by Crippen LogP contribution is 2.22. The third-order valence-electron chi connectivity index (χ3n) is 3.39. The van der Waals surface area contributed by atoms with Gasteiger partial charge in [-0.25, -0.2) is 0 Å². The number of rotatable bonds is 4. The molecule has 1 heterocycles. The van der Waals surface area contributed by atoms with Crippen LogP contribution in [0.15, 0.2) is 0 Å². The third-order valence-corrected chi connectivity index (χ3v) is 4.58. The average Bonchev–Trinajstić information content (AvgIpc) is 2.21. The molecule has 1 aliphatic heterocycles. The molecule has 0 bridgehead atoms. The van der Waals surface area contributed by atoms with Crippen molar-refractivity contribution in [1.29, 1.82) is 0 Å². The van der Waals surface area contributed by atoms with Crippen LogP contribution in [0.1, 0.15) is 27.2 Å². The van der Waals surface area contributed by atoms with Crippen LogP contribution in [-0.4, -0.2) is 41.6 Å². The van der Waals surface area contributed by atoms with E-state index in [1.54, 1.807) is 0 Å². The highest BCUT2D eigenvalue weighted by atomic mass is 32.2. The van der Waals surface area contributed by atoms with E-state index in [4.69, 9.17) is 5.73 Å². The lowest BCUT2D eigenvalue weighted by molar-refractivity contribution is 0.121. The Balaban J connectivity index is 2.57. The summed E-state index contributed by atoms with van der Waals surface area (Å²) in [6, 6.07) is 1.30. The zero-order valence-electron chi connectivity index (χ0n) is 9.70. The first kappa shape index (κ1) is 12.3. The molecule has 2 nitrogen and oxygen atoms in total. The van der Waals surface area contributed by atoms with Crippen molar-refractivity contribution in [3.8, 4) is 0 Å². The number of thioether (sulfide) groups is 1. The summed E-state index contributed by atoms with van der Waals surface area (Å²) in [4.78, 5) is 2.62. The largest absolute Gasteiger partial charge is 0.329 e. The second-order valence-corrected chi connectivity index (χ2v) is 5.50. The molecule has 14 heavy (non-hydrogen) atoms. The van der Waals surface area contributed by atoms with Gasteiger partial charge in [-0.1, -0.05) is 20.3 Å². The van der Waals surface area contributed by atoms with E-state index in [-0.39, 0.29) is 0 Å². The fourth-order valence-corrected chi connectivity index (χ4v) is 3.24. The van der Waals surface area contributed by atoms with Gasteiger partial charge in [0.2, 0.25) is 0 Å². The van der Waals surface area contributed by atoms with Gasteiger partial charge < -0.3 is 5.73 Å². The Kier molecular flexibility index (Phi) is 5.28. The summed E-state index contributed by atoms with van der Waals surface area (Å²) in [5.74, 6) is 3.27. The second kappa shape index (κ2) is 5.99. The van der Waals surface area contributed by atoms with Crippen molar-refractivity contribution in [2.45, 2.75) is 39.3 Å². The zero-order chi connectivity index (χ0) is 10.6. The maximum absolute atomic E-state index is 5.89. The van der Waals surface area contributed by atoms with Crippen molar-refractivity contribution in [3.05, 3.63) is 0 Å². The lowest BCUT2D eigenvalue weighted by atomic mass is 9.96. The van der Waals surface area contributed by atoms with Crippen LogP contribution in [0.3, 0.4) is 0 Å². The molecule has 2 N–H and O–H groups in total. The summed E-state index contributed by atoms with van der Waals surface area (Å²) in [5.41, 5.74) is 5.89. The summed E-state index contributed by atoms with van der Waals surface area (Å²) in [5, 5.41) is 0. The van der Waals surface area contributed by atoms with Gasteiger partial charge in [-0.15, -0.1) is 0 Å². The summed E-state index contributed by atoms with van der Waals surface area (Å²) in [6.07, 6.45) is 1.23. The quantitative estimate of drug-likeness (QED) is 0.777. The number of nitrogens with zero attached hydrogens (tertiary/aromatic N) is 1. The Bertz CT molecular complexity index is 159. The Morgan fingerprint density at radius 3 is 2.79 bits per heavy atom. The molecule has 1 fully saturated rings. The molecule has 1 saturated heterocycles. The first-order valence-corrected chi connectivity index (χ1v) is 6.89. The maximum atomic E-state index is 5.89. The molecule has 0 saturated carbocycles. The maximum Gasteiger partial charge on any atom is 0.0247 e. The fourth-order valence-electron chi connectivity index (χ4n) is 2.20. The highest BCUT2D eigenvalue weighted by molar-refractivity contribution is 7.99. The van der Waals surface area contributed by atoms with Crippen molar-refractivity contribution >= 4 is 11.8 Å². The summed E-state index contributed by atoms with van der Waals surface area (Å²) < 4.78 is 0. The zero-order valence-corrected chi connectivity index (χ0v) is 10.5. The van der Waals surface area contributed by atoms with Crippen LogP contribution in [0.25, 0.3) is 0 Å². The first-order valence-electron chi connectivity index (χ1n) is 5.74. The van der Waals surface area contributed by atoms with Crippen LogP contribution in [0.4, 0.5) is 0 Å². The summed E-state index contributed by atoms with van der Waals surface area (Å²) in [6.45, 7) is 8.95. The van der Waals surface area contributed by atoms with Crippen LogP contribution in [0.2, 0.25) is 0 Å². The number of hydrogen-bond donors (Lipinski definition) is 1. The molecule has 0 aromatic rings. The van der Waals surface area contributed by atoms with Gasteiger partial charge in [0.25, 0.3) is 0 Å². The van der Waals surface area contributed by atoms with E-state index < -0.39 is 0 Å². The van der Waals surface area contributed by atoms with Crippen LogP contribution in [0.5, 0.6) is 0 Å². The van der Waals surface area contributed by atoms with E-state index >= 15 is 0 Å². The van der Waals surface area contributed by atoms with Crippen molar-refractivity contribution in [1.82, 2.24) is 4.90 Å². The highest BCUT2D eigenvalue weighted by Gasteiger charge is 2.28. The summed E-state index contributed by atoms with van der Waals surface area (Å²) >= 11 is 2.07. The SMILES string of the molecule is CCC(C)C(CN)N1CCSCC1C. The minimum atomic E-state index is 0.593. The van der Waals surface area contributed by atoms with Gasteiger partial charge in [0, 0.05) is 36.7 Å². The molecule has 0 spiro atoms. The number of nitrogens with two attached hydrogens (primary N) is 1. The van der Waals surface area contributed by atoms with Gasteiger partial charge in [-0.2, -0.15) is 11.8 Å². The van der Waals surface area contributed by atoms with Crippen LogP contribution in [-0.2, 0) is 0 Å². The fraction of sp³-hybridized carbons (Fsp3) is 1.00. The molecule has 3 unspecified atom stereocenters. The molecule has 0 aliphatic carbocycles. The smallest absolute Gasteiger partial charge is 0.0247 e. The Hall–Kier alpha value is 0.270. The lowest BCUT2D eigenvalue weighted by Crippen LogP contribution is -2.52. The molecule has 84 valence electrons. The molecular formula is C11H24N2S. The van der Waals surface area contributed by atoms with E-state index in [9.17, 15) is 0 Å². The van der Waals surface area contributed by atoms with Crippen molar-refractivity contribution in [3.63, 3.8) is 0 Å². The molecule has 0 aromatic heterocycles. The van der Waals surface area contributed by atoms with Gasteiger partial charge in [0.05, 0.1) is 0 Å². The van der Waals surface area contributed by atoms with Crippen molar-refractivity contribution < 1.29 is 0 Å². The molecule has 0 aromatic carbocycles. The van der Waals surface area contributed by atoms with Gasteiger partial charge in [-0.3, -0.25) is 4.90 Å². The van der Waals surface area contributed by atoms with Crippen LogP contribution < -0.4 is 5.73 Å². The Morgan fingerprint density at radius 1 is 1.57 bits per heavy atom. The molecular weight excluding hydrogens is 192 g/mol. The predicted octanol–water partition coefficient (Wildman–Crippen LogP) is 1.80. The number of hydrogen-bond acceptors (Lipinski definition) is 3. The van der Waals surface area contributed by atoms with Crippen LogP contribution >= 0.6 is 11.8 Å². The molecule has 0 radical (unpaired) electrons. The summed E-state index contributed by atoms with van der Waals surface area (Å²) in [7, 11) is 0. The van der Waals surface area contributed by atoms with E-state index in [0.717, 1.165) is 12.5 Å². The molecule has 0 amide bonds. The standard InChI is InChI=1S/C11H24N2S/c1-4-9(2)11(7-12)13-5-6-14-8-10(13)3/h9-11H,4-8,12H2,1-3H3. The third kappa shape index (κ3) is 2.88. The van der Waals surface area contributed by atoms with Crippen molar-refractivity contribution in [2.24, 2.45) is 11.7 Å².